The number of hydrogen-bond donors (Lipinski definition) is 1. The maximum absolute atomic E-state index is 12.6. The molecule has 10 nitrogen and oxygen atoms in total. The topological polar surface area (TPSA) is 132 Å². The summed E-state index contributed by atoms with van der Waals surface area (Å²) in [6.45, 7) is 3.16. The minimum atomic E-state index is -1.05. The zero-order chi connectivity index (χ0) is 22.0. The summed E-state index contributed by atoms with van der Waals surface area (Å²) in [5, 5.41) is 0. The Morgan fingerprint density at radius 1 is 1.23 bits per heavy atom. The zero-order valence-corrected chi connectivity index (χ0v) is 16.9. The van der Waals surface area contributed by atoms with Crippen molar-refractivity contribution in [2.45, 2.75) is 26.5 Å². The van der Waals surface area contributed by atoms with E-state index in [1.165, 1.54) is 7.05 Å². The highest BCUT2D eigenvalue weighted by atomic mass is 16.6. The van der Waals surface area contributed by atoms with Gasteiger partial charge in [-0.15, -0.1) is 0 Å². The monoisotopic (exact) mass is 417 g/mol. The number of ketones is 1. The lowest BCUT2D eigenvalue weighted by Gasteiger charge is -2.24. The minimum Gasteiger partial charge on any atom is -0.485 e. The van der Waals surface area contributed by atoms with E-state index in [2.05, 4.69) is 0 Å². The van der Waals surface area contributed by atoms with Crippen LogP contribution in [0.1, 0.15) is 24.2 Å². The van der Waals surface area contributed by atoms with E-state index in [0.29, 0.717) is 11.5 Å². The Kier molecular flexibility index (Phi) is 5.95. The van der Waals surface area contributed by atoms with Gasteiger partial charge in [-0.25, -0.2) is 9.59 Å². The Bertz CT molecular complexity index is 1100. The van der Waals surface area contributed by atoms with Gasteiger partial charge in [-0.1, -0.05) is 26.0 Å². The summed E-state index contributed by atoms with van der Waals surface area (Å²) in [4.78, 5) is 49.7. The molecular formula is C20H23N3O7. The predicted octanol–water partition coefficient (Wildman–Crippen LogP) is 0.351. The number of Topliss-reactive ketones (excluding diaryl/α,β-unsaturated/α-hetero) is 1. The van der Waals surface area contributed by atoms with Crippen LogP contribution in [-0.2, 0) is 23.1 Å². The molecule has 2 heterocycles. The summed E-state index contributed by atoms with van der Waals surface area (Å²) in [5.41, 5.74) is 4.09. The van der Waals surface area contributed by atoms with Crippen molar-refractivity contribution in [1.82, 2.24) is 9.13 Å². The van der Waals surface area contributed by atoms with Crippen molar-refractivity contribution in [2.24, 2.45) is 13.0 Å². The summed E-state index contributed by atoms with van der Waals surface area (Å²) >= 11 is 0. The molecule has 0 aliphatic carbocycles. The van der Waals surface area contributed by atoms with Crippen LogP contribution in [0.5, 0.6) is 11.5 Å². The van der Waals surface area contributed by atoms with Crippen molar-refractivity contribution >= 4 is 17.6 Å². The van der Waals surface area contributed by atoms with Crippen molar-refractivity contribution in [3.05, 3.63) is 50.7 Å². The number of nitrogens with zero attached hydrogens (tertiary/aromatic N) is 2. The zero-order valence-electron chi connectivity index (χ0n) is 16.9. The molecule has 2 aromatic rings. The molecule has 3 rings (SSSR count). The van der Waals surface area contributed by atoms with Crippen molar-refractivity contribution in [3.8, 4) is 11.5 Å². The summed E-state index contributed by atoms with van der Waals surface area (Å²) in [6.07, 6.45) is -1.05. The first-order valence-electron chi connectivity index (χ1n) is 9.38. The molecule has 0 bridgehead atoms. The molecule has 0 saturated heterocycles. The molecule has 160 valence electrons. The Morgan fingerprint density at radius 2 is 1.90 bits per heavy atom. The molecule has 0 unspecified atom stereocenters. The fraction of sp³-hybridized carbons (Fsp3) is 0.400. The molecule has 0 amide bonds. The molecule has 10 heteroatoms. The molecule has 1 atom stereocenters. The summed E-state index contributed by atoms with van der Waals surface area (Å²) in [6, 6.07) is 6.83. The van der Waals surface area contributed by atoms with Crippen LogP contribution in [0, 0.1) is 5.92 Å². The molecule has 30 heavy (non-hydrogen) atoms. The van der Waals surface area contributed by atoms with Gasteiger partial charge in [0.05, 0.1) is 0 Å². The third-order valence-corrected chi connectivity index (χ3v) is 4.53. The van der Waals surface area contributed by atoms with Crippen LogP contribution in [0.3, 0.4) is 0 Å². The number of carbonyl (C=O) groups excluding carboxylic acids is 2. The molecule has 2 N–H and O–H groups in total. The van der Waals surface area contributed by atoms with E-state index in [9.17, 15) is 19.2 Å². The van der Waals surface area contributed by atoms with Crippen molar-refractivity contribution in [3.63, 3.8) is 0 Å². The van der Waals surface area contributed by atoms with Crippen LogP contribution in [0.25, 0.3) is 0 Å². The Morgan fingerprint density at radius 3 is 2.57 bits per heavy atom. The highest BCUT2D eigenvalue weighted by molar-refractivity contribution is 6.01. The number of anilines is 1. The van der Waals surface area contributed by atoms with Crippen LogP contribution in [0.15, 0.2) is 33.9 Å². The van der Waals surface area contributed by atoms with Crippen LogP contribution in [0.2, 0.25) is 0 Å². The van der Waals surface area contributed by atoms with Gasteiger partial charge in [0.2, 0.25) is 11.9 Å². The highest BCUT2D eigenvalue weighted by Crippen LogP contribution is 2.31. The Hall–Kier alpha value is -3.56. The van der Waals surface area contributed by atoms with Gasteiger partial charge in [0.1, 0.15) is 18.0 Å². The number of ether oxygens (including phenoxy) is 3. The first-order chi connectivity index (χ1) is 14.2. The number of nitrogens with two attached hydrogens (primary N) is 1. The lowest BCUT2D eigenvalue weighted by Crippen LogP contribution is -2.44. The fourth-order valence-electron chi connectivity index (χ4n) is 3.02. The average Bonchev–Trinajstić information content (AvgIpc) is 2.73. The number of carbonyl (C=O) groups is 2. The smallest absolute Gasteiger partial charge is 0.351 e. The normalized spacial score (nSPS) is 15.1. The summed E-state index contributed by atoms with van der Waals surface area (Å²) in [5.74, 6) is -0.935. The number of aromatic nitrogens is 2. The van der Waals surface area contributed by atoms with E-state index in [4.69, 9.17) is 19.9 Å². The number of para-hydroxylation sites is 2. The number of benzene rings is 1. The van der Waals surface area contributed by atoms with E-state index in [1.807, 2.05) is 13.8 Å². The van der Waals surface area contributed by atoms with Crippen LogP contribution < -0.4 is 26.5 Å². The quantitative estimate of drug-likeness (QED) is 0.526. The van der Waals surface area contributed by atoms with Crippen LogP contribution in [-0.4, -0.2) is 40.2 Å². The average molecular weight is 417 g/mol. The molecule has 0 saturated carbocycles. The molecule has 0 fully saturated rings. The van der Waals surface area contributed by atoms with Gasteiger partial charge in [0, 0.05) is 13.6 Å². The van der Waals surface area contributed by atoms with Gasteiger partial charge in [-0.05, 0) is 18.1 Å². The van der Waals surface area contributed by atoms with Gasteiger partial charge in [0.25, 0.3) is 5.56 Å². The lowest BCUT2D eigenvalue weighted by molar-refractivity contribution is -0.153. The van der Waals surface area contributed by atoms with Crippen LogP contribution >= 0.6 is 0 Å². The molecule has 1 aliphatic heterocycles. The maximum atomic E-state index is 12.6. The van der Waals surface area contributed by atoms with Crippen molar-refractivity contribution < 1.29 is 23.8 Å². The van der Waals surface area contributed by atoms with Gasteiger partial charge >= 0.3 is 11.7 Å². The highest BCUT2D eigenvalue weighted by Gasteiger charge is 2.30. The predicted molar refractivity (Wildman–Crippen MR) is 107 cm³/mol. The maximum Gasteiger partial charge on any atom is 0.351 e. The van der Waals surface area contributed by atoms with E-state index in [1.54, 1.807) is 24.3 Å². The second-order valence-corrected chi connectivity index (χ2v) is 7.31. The first-order valence-corrected chi connectivity index (χ1v) is 9.38. The third-order valence-electron chi connectivity index (χ3n) is 4.53. The standard InChI is InChI=1S/C20H23N3O7/c1-11(2)8-23-17(21)16(18(25)22(3)20(23)27)12(24)9-29-19(26)15-10-28-13-6-4-5-7-14(13)30-15/h4-7,11,15H,8-10,21H2,1-3H3/t15-/m0/s1. The van der Waals surface area contributed by atoms with Gasteiger partial charge in [-0.2, -0.15) is 0 Å². The third kappa shape index (κ3) is 4.07. The SMILES string of the molecule is CC(C)Cn1c(N)c(C(=O)COC(=O)[C@@H]2COc3ccccc3O2)c(=O)n(C)c1=O. The first kappa shape index (κ1) is 21.2. The molecule has 1 aromatic heterocycles. The fourth-order valence-corrected chi connectivity index (χ4v) is 3.02. The van der Waals surface area contributed by atoms with Gasteiger partial charge < -0.3 is 19.9 Å². The van der Waals surface area contributed by atoms with Crippen LogP contribution in [0.4, 0.5) is 5.82 Å². The molecule has 0 spiro atoms. The summed E-state index contributed by atoms with van der Waals surface area (Å²) in [7, 11) is 1.26. The van der Waals surface area contributed by atoms with E-state index >= 15 is 0 Å². The van der Waals surface area contributed by atoms with E-state index < -0.39 is 41.3 Å². The Balaban J connectivity index is 1.75. The number of nitrogen functional groups attached to an aromatic ring is 1. The second kappa shape index (κ2) is 8.44. The van der Waals surface area contributed by atoms with Gasteiger partial charge in [-0.3, -0.25) is 18.7 Å². The number of rotatable bonds is 6. The van der Waals surface area contributed by atoms with E-state index in [0.717, 1.165) is 9.13 Å². The molecule has 1 aliphatic rings. The van der Waals surface area contributed by atoms with Gasteiger partial charge in [0.15, 0.2) is 18.1 Å². The molecule has 1 aromatic carbocycles. The molecular weight excluding hydrogens is 394 g/mol. The number of fused-ring (bicyclic) bond motifs is 1. The number of esters is 1. The van der Waals surface area contributed by atoms with E-state index in [-0.39, 0.29) is 24.9 Å². The van der Waals surface area contributed by atoms with Crippen molar-refractivity contribution in [2.75, 3.05) is 18.9 Å². The second-order valence-electron chi connectivity index (χ2n) is 7.31. The van der Waals surface area contributed by atoms with Crippen molar-refractivity contribution in [1.29, 1.82) is 0 Å². The Labute approximate surface area is 171 Å². The molecule has 0 radical (unpaired) electrons. The lowest BCUT2D eigenvalue weighted by atomic mass is 10.1. The largest absolute Gasteiger partial charge is 0.485 e. The number of hydrogen-bond acceptors (Lipinski definition) is 8. The minimum absolute atomic E-state index is 0.0506. The summed E-state index contributed by atoms with van der Waals surface area (Å²) < 4.78 is 18.0.